The van der Waals surface area contributed by atoms with E-state index in [1.54, 1.807) is 0 Å². The summed E-state index contributed by atoms with van der Waals surface area (Å²) in [4.78, 5) is 10.7. The summed E-state index contributed by atoms with van der Waals surface area (Å²) in [5.41, 5.74) is 6.23. The van der Waals surface area contributed by atoms with E-state index in [1.165, 1.54) is 16.7 Å². The Balaban J connectivity index is 2.28. The summed E-state index contributed by atoms with van der Waals surface area (Å²) in [5, 5.41) is 0. The zero-order chi connectivity index (χ0) is 17.0. The van der Waals surface area contributed by atoms with Crippen LogP contribution in [0.15, 0.2) is 36.4 Å². The van der Waals surface area contributed by atoms with Crippen LogP contribution >= 0.6 is 0 Å². The fourth-order valence-corrected chi connectivity index (χ4v) is 3.05. The van der Waals surface area contributed by atoms with Crippen molar-refractivity contribution in [1.29, 1.82) is 0 Å². The van der Waals surface area contributed by atoms with E-state index in [-0.39, 0.29) is 0 Å². The molecule has 0 aliphatic rings. The van der Waals surface area contributed by atoms with E-state index < -0.39 is 0 Å². The number of rotatable bonds is 6. The van der Waals surface area contributed by atoms with Gasteiger partial charge in [0, 0.05) is 0 Å². The van der Waals surface area contributed by atoms with Crippen molar-refractivity contribution in [2.45, 2.75) is 52.9 Å². The van der Waals surface area contributed by atoms with Crippen molar-refractivity contribution < 1.29 is 9.53 Å². The van der Waals surface area contributed by atoms with Gasteiger partial charge in [0.05, 0.1) is 0 Å². The lowest BCUT2D eigenvalue weighted by molar-refractivity contribution is -0.120. The first-order chi connectivity index (χ1) is 10.9. The Kier molecular flexibility index (Phi) is 5.59. The molecule has 0 aromatic heterocycles. The van der Waals surface area contributed by atoms with E-state index in [0.29, 0.717) is 24.1 Å². The number of hydrogen-bond donors (Lipinski definition) is 0. The lowest BCUT2D eigenvalue weighted by Crippen LogP contribution is -1.99. The number of carbonyl (C=O) groups is 1. The second-order valence-electron chi connectivity index (χ2n) is 6.76. The summed E-state index contributed by atoms with van der Waals surface area (Å²) >= 11 is 0. The lowest BCUT2D eigenvalue weighted by Gasteiger charge is -2.14. The normalized spacial score (nSPS) is 11.1. The van der Waals surface area contributed by atoms with E-state index in [1.807, 2.05) is 6.07 Å². The molecule has 122 valence electrons. The van der Waals surface area contributed by atoms with E-state index in [0.717, 1.165) is 17.5 Å². The number of hydrogen-bond acceptors (Lipinski definition) is 2. The van der Waals surface area contributed by atoms with Crippen LogP contribution in [0.25, 0.3) is 0 Å². The third kappa shape index (κ3) is 4.22. The van der Waals surface area contributed by atoms with Gasteiger partial charge in [0.25, 0.3) is 6.47 Å². The zero-order valence-corrected chi connectivity index (χ0v) is 14.7. The highest BCUT2D eigenvalue weighted by Crippen LogP contribution is 2.29. The van der Waals surface area contributed by atoms with Crippen LogP contribution in [-0.4, -0.2) is 6.47 Å². The van der Waals surface area contributed by atoms with Gasteiger partial charge < -0.3 is 4.74 Å². The number of aryl methyl sites for hydroxylation is 1. The SMILES string of the molecule is Cc1cc(Cc2ccc(C(C)C)c(OC=O)c2)ccc1C(C)C. The van der Waals surface area contributed by atoms with Crippen LogP contribution in [0.4, 0.5) is 0 Å². The van der Waals surface area contributed by atoms with E-state index in [2.05, 4.69) is 65.0 Å². The molecule has 0 N–H and O–H groups in total. The van der Waals surface area contributed by atoms with Crippen molar-refractivity contribution in [2.24, 2.45) is 0 Å². The third-order valence-electron chi connectivity index (χ3n) is 4.24. The van der Waals surface area contributed by atoms with Crippen LogP contribution < -0.4 is 4.74 Å². The van der Waals surface area contributed by atoms with Gasteiger partial charge in [0.15, 0.2) is 0 Å². The standard InChI is InChI=1S/C21H26O2/c1-14(2)19-8-6-17(10-16(19)5)11-18-7-9-20(15(3)4)21(12-18)23-13-22/h6-10,12-15H,11H2,1-5H3. The summed E-state index contributed by atoms with van der Waals surface area (Å²) in [6, 6.07) is 12.8. The molecule has 0 bridgehead atoms. The molecule has 0 amide bonds. The second-order valence-corrected chi connectivity index (χ2v) is 6.76. The van der Waals surface area contributed by atoms with Crippen molar-refractivity contribution in [3.63, 3.8) is 0 Å². The van der Waals surface area contributed by atoms with Gasteiger partial charge >= 0.3 is 0 Å². The van der Waals surface area contributed by atoms with Gasteiger partial charge in [-0.3, -0.25) is 4.79 Å². The van der Waals surface area contributed by atoms with Crippen LogP contribution in [0.3, 0.4) is 0 Å². The van der Waals surface area contributed by atoms with Crippen LogP contribution in [0.5, 0.6) is 5.75 Å². The Morgan fingerprint density at radius 1 is 0.913 bits per heavy atom. The summed E-state index contributed by atoms with van der Waals surface area (Å²) in [6.45, 7) is 11.3. The second kappa shape index (κ2) is 7.45. The molecule has 0 heterocycles. The predicted octanol–water partition coefficient (Wildman–Crippen LogP) is 5.37. The highest BCUT2D eigenvalue weighted by atomic mass is 16.5. The van der Waals surface area contributed by atoms with Crippen molar-refractivity contribution >= 4 is 6.47 Å². The van der Waals surface area contributed by atoms with Gasteiger partial charge in [-0.15, -0.1) is 0 Å². The monoisotopic (exact) mass is 310 g/mol. The molecule has 0 unspecified atom stereocenters. The Morgan fingerprint density at radius 3 is 2.00 bits per heavy atom. The fourth-order valence-electron chi connectivity index (χ4n) is 3.05. The molecule has 0 radical (unpaired) electrons. The van der Waals surface area contributed by atoms with Crippen molar-refractivity contribution in [3.05, 3.63) is 64.2 Å². The van der Waals surface area contributed by atoms with E-state index >= 15 is 0 Å². The average Bonchev–Trinajstić information content (AvgIpc) is 2.47. The molecule has 0 aliphatic carbocycles. The largest absolute Gasteiger partial charge is 0.428 e. The Morgan fingerprint density at radius 2 is 1.48 bits per heavy atom. The summed E-state index contributed by atoms with van der Waals surface area (Å²) in [5.74, 6) is 1.54. The first-order valence-corrected chi connectivity index (χ1v) is 8.25. The van der Waals surface area contributed by atoms with Crippen molar-refractivity contribution in [2.75, 3.05) is 0 Å². The van der Waals surface area contributed by atoms with Gasteiger partial charge in [-0.25, -0.2) is 0 Å². The third-order valence-corrected chi connectivity index (χ3v) is 4.24. The lowest BCUT2D eigenvalue weighted by atomic mass is 9.93. The molecular formula is C21H26O2. The smallest absolute Gasteiger partial charge is 0.298 e. The van der Waals surface area contributed by atoms with Gasteiger partial charge in [-0.2, -0.15) is 0 Å². The van der Waals surface area contributed by atoms with E-state index in [9.17, 15) is 4.79 Å². The molecule has 23 heavy (non-hydrogen) atoms. The summed E-state index contributed by atoms with van der Waals surface area (Å²) in [7, 11) is 0. The Labute approximate surface area is 139 Å². The highest BCUT2D eigenvalue weighted by molar-refractivity contribution is 5.50. The van der Waals surface area contributed by atoms with Crippen LogP contribution in [0, 0.1) is 6.92 Å². The topological polar surface area (TPSA) is 26.3 Å². The summed E-state index contributed by atoms with van der Waals surface area (Å²) in [6.07, 6.45) is 0.840. The predicted molar refractivity (Wildman–Crippen MR) is 95.3 cm³/mol. The van der Waals surface area contributed by atoms with Crippen LogP contribution in [0.1, 0.15) is 67.3 Å². The molecule has 0 aliphatic heterocycles. The van der Waals surface area contributed by atoms with Crippen LogP contribution in [-0.2, 0) is 11.2 Å². The molecule has 0 atom stereocenters. The molecule has 2 aromatic carbocycles. The molecule has 0 saturated carbocycles. The molecular weight excluding hydrogens is 284 g/mol. The highest BCUT2D eigenvalue weighted by Gasteiger charge is 2.10. The molecule has 2 aromatic rings. The molecule has 0 saturated heterocycles. The maximum atomic E-state index is 10.7. The molecule has 2 rings (SSSR count). The first-order valence-electron chi connectivity index (χ1n) is 8.25. The van der Waals surface area contributed by atoms with Gasteiger partial charge in [-0.1, -0.05) is 58.0 Å². The molecule has 0 spiro atoms. The fraction of sp³-hybridized carbons (Fsp3) is 0.381. The number of ether oxygens (including phenoxy) is 1. The molecule has 0 fully saturated rings. The quantitative estimate of drug-likeness (QED) is 0.671. The van der Waals surface area contributed by atoms with Crippen LogP contribution in [0.2, 0.25) is 0 Å². The first kappa shape index (κ1) is 17.3. The maximum Gasteiger partial charge on any atom is 0.298 e. The van der Waals surface area contributed by atoms with Gasteiger partial charge in [-0.05, 0) is 59.1 Å². The van der Waals surface area contributed by atoms with E-state index in [4.69, 9.17) is 4.74 Å². The molecule has 2 heteroatoms. The summed E-state index contributed by atoms with van der Waals surface area (Å²) < 4.78 is 5.17. The minimum Gasteiger partial charge on any atom is -0.428 e. The Hall–Kier alpha value is -2.09. The van der Waals surface area contributed by atoms with Gasteiger partial charge in [0.2, 0.25) is 0 Å². The van der Waals surface area contributed by atoms with Crippen molar-refractivity contribution in [3.8, 4) is 5.75 Å². The van der Waals surface area contributed by atoms with Crippen molar-refractivity contribution in [1.82, 2.24) is 0 Å². The average molecular weight is 310 g/mol. The zero-order valence-electron chi connectivity index (χ0n) is 14.7. The Bertz CT molecular complexity index is 684. The molecule has 2 nitrogen and oxygen atoms in total. The number of benzene rings is 2. The van der Waals surface area contributed by atoms with Gasteiger partial charge in [0.1, 0.15) is 5.75 Å². The minimum absolute atomic E-state index is 0.326. The number of carbonyl (C=O) groups excluding carboxylic acids is 1. The minimum atomic E-state index is 0.326. The maximum absolute atomic E-state index is 10.7.